The Morgan fingerprint density at radius 2 is 1.95 bits per heavy atom. The first-order valence-corrected chi connectivity index (χ1v) is 14.6. The molecule has 2 aliphatic heterocycles. The van der Waals surface area contributed by atoms with Crippen LogP contribution in [-0.2, 0) is 38.3 Å². The largest absolute Gasteiger partial charge is 0.427 e. The summed E-state index contributed by atoms with van der Waals surface area (Å²) in [6.07, 6.45) is 2.02. The molecule has 41 heavy (non-hydrogen) atoms. The smallest absolute Gasteiger partial charge is 0.357 e. The first kappa shape index (κ1) is 32.0. The third kappa shape index (κ3) is 7.83. The Balaban J connectivity index is 1.61. The molecule has 1 fully saturated rings. The number of nitrogens with one attached hydrogen (secondary N) is 2. The van der Waals surface area contributed by atoms with E-state index in [0.29, 0.717) is 12.2 Å². The lowest BCUT2D eigenvalue weighted by atomic mass is 9.98. The molecule has 3 amide bonds. The van der Waals surface area contributed by atoms with Crippen molar-refractivity contribution in [1.82, 2.24) is 15.2 Å². The highest BCUT2D eigenvalue weighted by molar-refractivity contribution is 8.00. The highest BCUT2D eigenvalue weighted by Crippen LogP contribution is 2.38. The molecule has 0 saturated carbocycles. The van der Waals surface area contributed by atoms with E-state index < -0.39 is 59.3 Å². The molecule has 1 aromatic rings. The molecule has 0 bridgehead atoms. The van der Waals surface area contributed by atoms with Gasteiger partial charge in [-0.05, 0) is 39.2 Å². The van der Waals surface area contributed by atoms with Gasteiger partial charge in [-0.25, -0.2) is 9.78 Å². The number of esters is 2. The van der Waals surface area contributed by atoms with Crippen LogP contribution in [0.15, 0.2) is 22.3 Å². The van der Waals surface area contributed by atoms with E-state index >= 15 is 0 Å². The topological polar surface area (TPSA) is 192 Å². The van der Waals surface area contributed by atoms with Gasteiger partial charge in [0, 0.05) is 11.1 Å². The van der Waals surface area contributed by atoms with Crippen LogP contribution in [0, 0.1) is 11.3 Å². The zero-order chi connectivity index (χ0) is 30.5. The van der Waals surface area contributed by atoms with Crippen molar-refractivity contribution in [2.24, 2.45) is 22.2 Å². The molecule has 4 N–H and O–H groups in total. The van der Waals surface area contributed by atoms with Crippen molar-refractivity contribution >= 4 is 63.6 Å². The zero-order valence-electron chi connectivity index (χ0n) is 23.6. The number of thioether (sulfide) groups is 1. The fourth-order valence-electron chi connectivity index (χ4n) is 3.71. The highest BCUT2D eigenvalue weighted by atomic mass is 32.2. The molecule has 1 saturated heterocycles. The number of rotatable bonds is 11. The van der Waals surface area contributed by atoms with Crippen LogP contribution >= 0.6 is 23.1 Å². The molecule has 14 nitrogen and oxygen atoms in total. The van der Waals surface area contributed by atoms with E-state index in [2.05, 4.69) is 20.8 Å². The van der Waals surface area contributed by atoms with Crippen LogP contribution in [0.3, 0.4) is 0 Å². The number of nitrogens with zero attached hydrogens (tertiary/aromatic N) is 3. The molecule has 0 radical (unpaired) electrons. The van der Waals surface area contributed by atoms with Crippen molar-refractivity contribution < 1.29 is 38.3 Å². The number of hydrogen-bond donors (Lipinski definition) is 3. The summed E-state index contributed by atoms with van der Waals surface area (Å²) in [5.41, 5.74) is 5.06. The molecule has 3 atom stereocenters. The summed E-state index contributed by atoms with van der Waals surface area (Å²) in [4.78, 5) is 73.2. The van der Waals surface area contributed by atoms with E-state index in [0.717, 1.165) is 11.3 Å². The van der Waals surface area contributed by atoms with Gasteiger partial charge in [-0.2, -0.15) is 0 Å². The maximum Gasteiger partial charge on any atom is 0.357 e. The average Bonchev–Trinajstić information content (AvgIpc) is 3.36. The predicted molar refractivity (Wildman–Crippen MR) is 151 cm³/mol. The van der Waals surface area contributed by atoms with E-state index in [-0.39, 0.29) is 28.2 Å². The minimum absolute atomic E-state index is 0.00241. The van der Waals surface area contributed by atoms with Gasteiger partial charge in [-0.1, -0.05) is 19.0 Å². The Morgan fingerprint density at radius 3 is 2.59 bits per heavy atom. The highest BCUT2D eigenvalue weighted by Gasteiger charge is 2.53. The Labute approximate surface area is 245 Å². The third-order valence-electron chi connectivity index (χ3n) is 5.77. The van der Waals surface area contributed by atoms with Crippen LogP contribution < -0.4 is 16.4 Å². The van der Waals surface area contributed by atoms with Crippen molar-refractivity contribution in [3.63, 3.8) is 0 Å². The molecule has 224 valence electrons. The third-order valence-corrected chi connectivity index (χ3v) is 7.71. The van der Waals surface area contributed by atoms with Crippen LogP contribution in [-0.4, -0.2) is 82.4 Å². The van der Waals surface area contributed by atoms with Crippen molar-refractivity contribution in [1.29, 1.82) is 0 Å². The van der Waals surface area contributed by atoms with Crippen molar-refractivity contribution in [3.8, 4) is 0 Å². The van der Waals surface area contributed by atoms with Crippen LogP contribution in [0.4, 0.5) is 5.13 Å². The molecular weight excluding hydrogens is 576 g/mol. The van der Waals surface area contributed by atoms with Gasteiger partial charge in [0.2, 0.25) is 12.7 Å². The summed E-state index contributed by atoms with van der Waals surface area (Å²) in [7, 11) is 1.25. The van der Waals surface area contributed by atoms with Crippen molar-refractivity contribution in [2.75, 3.05) is 25.0 Å². The number of anilines is 1. The fraction of sp³-hybridized carbons (Fsp3) is 0.560. The monoisotopic (exact) mass is 610 g/mol. The van der Waals surface area contributed by atoms with E-state index in [1.54, 1.807) is 20.8 Å². The number of carbonyl (C=O) groups excluding carboxylic acids is 5. The van der Waals surface area contributed by atoms with Crippen LogP contribution in [0.25, 0.3) is 0 Å². The summed E-state index contributed by atoms with van der Waals surface area (Å²) in [6, 6.07) is -1.68. The summed E-state index contributed by atoms with van der Waals surface area (Å²) >= 11 is 2.41. The standard InChI is InChI=1S/C25H34N6O8S2/c1-12(2)9-13(26)18(32)29-24-27-14(10-41-24)16(30-37-6)19(33)28-17-20(34)31-15(7-8-40-21(17)31)22(35)38-11-39-23(36)25(3,4)5/h7,10,12-13,17,21H,8-9,11,26H2,1-6H3,(H,28,33)(H,27,29,32)/b30-16-/t13-,17+,21+/m0/s1. The summed E-state index contributed by atoms with van der Waals surface area (Å²) in [5.74, 6) is -2.45. The number of ether oxygens (including phenoxy) is 2. The van der Waals surface area contributed by atoms with Gasteiger partial charge in [0.15, 0.2) is 10.8 Å². The van der Waals surface area contributed by atoms with Crippen LogP contribution in [0.5, 0.6) is 0 Å². The Bertz CT molecular complexity index is 1250. The van der Waals surface area contributed by atoms with E-state index in [4.69, 9.17) is 20.0 Å². The van der Waals surface area contributed by atoms with Gasteiger partial charge in [0.1, 0.15) is 29.9 Å². The van der Waals surface area contributed by atoms with Gasteiger partial charge in [-0.3, -0.25) is 24.1 Å². The minimum atomic E-state index is -0.961. The molecule has 0 aromatic carbocycles. The Morgan fingerprint density at radius 1 is 1.24 bits per heavy atom. The molecular formula is C25H34N6O8S2. The molecule has 0 unspecified atom stereocenters. The number of amides is 3. The number of carbonyl (C=O) groups is 5. The maximum absolute atomic E-state index is 13.1. The molecule has 1 aromatic heterocycles. The Kier molecular flexibility index (Phi) is 10.5. The lowest BCUT2D eigenvalue weighted by Gasteiger charge is -2.48. The normalized spacial score (nSPS) is 19.4. The van der Waals surface area contributed by atoms with Gasteiger partial charge in [0.25, 0.3) is 11.8 Å². The predicted octanol–water partition coefficient (Wildman–Crippen LogP) is 1.18. The minimum Gasteiger partial charge on any atom is -0.427 e. The van der Waals surface area contributed by atoms with Gasteiger partial charge < -0.3 is 30.7 Å². The van der Waals surface area contributed by atoms with Gasteiger partial charge in [-0.15, -0.1) is 23.1 Å². The molecule has 0 aliphatic carbocycles. The Hall–Kier alpha value is -3.50. The molecule has 3 heterocycles. The first-order valence-electron chi connectivity index (χ1n) is 12.7. The second-order valence-corrected chi connectivity index (χ2v) is 12.6. The molecule has 3 rings (SSSR count). The van der Waals surface area contributed by atoms with Gasteiger partial charge in [0.05, 0.1) is 11.5 Å². The lowest BCUT2D eigenvalue weighted by Crippen LogP contribution is -2.70. The molecule has 16 heteroatoms. The van der Waals surface area contributed by atoms with Crippen LogP contribution in [0.2, 0.25) is 0 Å². The SMILES string of the molecule is CO/N=C(\C(=O)N[C@@H]1C(=O)N2C(C(=O)OCOC(=O)C(C)(C)C)=CCS[C@H]12)c1csc(NC(=O)[C@@H](N)CC(C)C)n1. The molecule has 0 spiro atoms. The van der Waals surface area contributed by atoms with E-state index in [1.165, 1.54) is 35.2 Å². The summed E-state index contributed by atoms with van der Waals surface area (Å²) in [6.45, 7) is 8.30. The number of thiazole rings is 1. The number of β-lactam (4-membered cyclic amide) rings is 1. The van der Waals surface area contributed by atoms with E-state index in [9.17, 15) is 24.0 Å². The van der Waals surface area contributed by atoms with Crippen LogP contribution in [0.1, 0.15) is 46.7 Å². The average molecular weight is 611 g/mol. The molecule has 2 aliphatic rings. The first-order chi connectivity index (χ1) is 19.2. The fourth-order valence-corrected chi connectivity index (χ4v) is 5.61. The van der Waals surface area contributed by atoms with Crippen molar-refractivity contribution in [3.05, 3.63) is 22.8 Å². The zero-order valence-corrected chi connectivity index (χ0v) is 25.2. The maximum atomic E-state index is 13.1. The number of oxime groups is 1. The number of fused-ring (bicyclic) bond motifs is 1. The summed E-state index contributed by atoms with van der Waals surface area (Å²) < 4.78 is 9.99. The van der Waals surface area contributed by atoms with Crippen molar-refractivity contribution in [2.45, 2.75) is 58.5 Å². The quantitative estimate of drug-likeness (QED) is 0.107. The second-order valence-electron chi connectivity index (χ2n) is 10.6. The lowest BCUT2D eigenvalue weighted by molar-refractivity contribution is -0.173. The number of hydrogen-bond acceptors (Lipinski definition) is 13. The number of nitrogens with two attached hydrogens (primary N) is 1. The number of aromatic nitrogens is 1. The van der Waals surface area contributed by atoms with E-state index in [1.807, 2.05) is 13.8 Å². The second kappa shape index (κ2) is 13.4. The summed E-state index contributed by atoms with van der Waals surface area (Å²) in [5, 5.41) is 10.2. The van der Waals surface area contributed by atoms with Gasteiger partial charge >= 0.3 is 11.9 Å².